The molecule has 9 aromatic rings. The maximum Gasteiger partial charge on any atom is 0.276 e. The molecule has 2 aliphatic rings. The number of nitrogens with zero attached hydrogens (tertiary/aromatic N) is 12. The second-order valence-electron chi connectivity index (χ2n) is 17.5. The van der Waals surface area contributed by atoms with Crippen molar-refractivity contribution in [2.45, 2.75) is 0 Å². The Kier molecular flexibility index (Phi) is 11.6. The van der Waals surface area contributed by atoms with Gasteiger partial charge in [0.25, 0.3) is 45.5 Å². The summed E-state index contributed by atoms with van der Waals surface area (Å²) in [7, 11) is 0. The van der Waals surface area contributed by atoms with E-state index in [1.807, 2.05) is 0 Å². The minimum absolute atomic E-state index is 0.0394. The molecule has 0 radical (unpaired) electrons. The van der Waals surface area contributed by atoms with Crippen LogP contribution in [0.25, 0.3) is 113 Å². The molecule has 30 heteroatoms. The molecule has 6 heterocycles. The average Bonchev–Trinajstić information content (AvgIpc) is 3.85. The number of rotatable bonds is 12. The summed E-state index contributed by atoms with van der Waals surface area (Å²) in [5.74, 6) is 0. The highest BCUT2D eigenvalue weighted by atomic mass is 16.7. The van der Waals surface area contributed by atoms with Crippen molar-refractivity contribution in [3.63, 3.8) is 0 Å². The van der Waals surface area contributed by atoms with Gasteiger partial charge in [0.1, 0.15) is 22.8 Å². The molecule has 0 aliphatic carbocycles. The third-order valence-corrected chi connectivity index (χ3v) is 12.8. The molecule has 0 unspecified atom stereocenters. The van der Waals surface area contributed by atoms with Gasteiger partial charge < -0.3 is 9.97 Å². The standard InChI is InChI=1S/C50H24N14O16/c65-57(66)27-11-23(12-28(19-27)58(67)68)43-37-5-6-38(51-37)44(24-13-29(59(69)70)20-30(14-24)60(71)72)40-8-10-42(53-40)46(26-17-33(63(77)78)22-34(18-26)64(79)80)48-50-49(54-35-3-1-2-4-36(35)55-50)47(56-48)45(41-9-7-39(43)52-41)25-15-31(61(73)74)21-32(16-25)62(75)76/h1-22,52-53H. The molecule has 0 spiro atoms. The quantitative estimate of drug-likeness (QED) is 0.0847. The lowest BCUT2D eigenvalue weighted by atomic mass is 9.99. The number of nitro benzene ring substituents is 8. The number of aromatic nitrogens is 6. The molecule has 80 heavy (non-hydrogen) atoms. The number of non-ortho nitro benzene ring substituents is 8. The van der Waals surface area contributed by atoms with Gasteiger partial charge in [-0.15, -0.1) is 0 Å². The highest BCUT2D eigenvalue weighted by molar-refractivity contribution is 6.05. The van der Waals surface area contributed by atoms with E-state index in [1.165, 1.54) is 36.4 Å². The molecule has 0 saturated heterocycles. The van der Waals surface area contributed by atoms with Gasteiger partial charge in [0.2, 0.25) is 0 Å². The van der Waals surface area contributed by atoms with Crippen molar-refractivity contribution in [2.24, 2.45) is 0 Å². The van der Waals surface area contributed by atoms with E-state index in [-0.39, 0.29) is 112 Å². The predicted octanol–water partition coefficient (Wildman–Crippen LogP) is 11.7. The van der Waals surface area contributed by atoms with Gasteiger partial charge >= 0.3 is 0 Å². The maximum absolute atomic E-state index is 12.5. The van der Waals surface area contributed by atoms with Crippen molar-refractivity contribution < 1.29 is 39.4 Å². The van der Waals surface area contributed by atoms with E-state index in [9.17, 15) is 80.9 Å². The van der Waals surface area contributed by atoms with Crippen molar-refractivity contribution in [1.82, 2.24) is 29.9 Å². The second kappa shape index (κ2) is 18.7. The van der Waals surface area contributed by atoms with Gasteiger partial charge in [0, 0.05) is 92.9 Å². The van der Waals surface area contributed by atoms with Crippen LogP contribution in [0.15, 0.2) is 121 Å². The number of nitro groups is 8. The largest absolute Gasteiger partial charge is 0.354 e. The third-order valence-electron chi connectivity index (χ3n) is 12.8. The molecule has 0 amide bonds. The van der Waals surface area contributed by atoms with Crippen LogP contribution in [0.5, 0.6) is 0 Å². The minimum atomic E-state index is -0.886. The number of hydrogen-bond donors (Lipinski definition) is 2. The van der Waals surface area contributed by atoms with Crippen molar-refractivity contribution in [1.29, 1.82) is 0 Å². The number of hydrogen-bond acceptors (Lipinski definition) is 20. The van der Waals surface area contributed by atoms with E-state index < -0.39 is 84.9 Å². The van der Waals surface area contributed by atoms with Crippen LogP contribution in [0, 0.1) is 80.9 Å². The van der Waals surface area contributed by atoms with Crippen molar-refractivity contribution in [3.8, 4) is 67.3 Å². The van der Waals surface area contributed by atoms with E-state index in [0.29, 0.717) is 24.3 Å². The highest BCUT2D eigenvalue weighted by Crippen LogP contribution is 2.48. The fourth-order valence-corrected chi connectivity index (χ4v) is 9.43. The summed E-state index contributed by atoms with van der Waals surface area (Å²) in [6.07, 6.45) is 2.72. The SMILES string of the molecule is O=[N+]([O-])c1cc(-c2c3nc(c(-c4cc([N+](=O)[O-])cc([N+](=O)[O-])c4)c4ccc([nH]4)c(-c4cc([N+](=O)[O-])cc([N+](=O)[O-])c4)c4nc(c(-c5cc([N+](=O)[O-])cc([N+](=O)[O-])c5)c5ccc2[nH]5)-c2nc5ccccc5nc2-4)C=C3)cc([N+](=O)[O-])c1. The number of H-pyrrole nitrogens is 2. The molecule has 11 rings (SSSR count). The van der Waals surface area contributed by atoms with Gasteiger partial charge in [0.05, 0.1) is 86.1 Å². The molecule has 4 aromatic heterocycles. The number of benzene rings is 5. The van der Waals surface area contributed by atoms with Crippen LogP contribution in [-0.2, 0) is 0 Å². The van der Waals surface area contributed by atoms with Crippen LogP contribution in [0.1, 0.15) is 11.4 Å². The zero-order valence-electron chi connectivity index (χ0n) is 39.6. The Morgan fingerprint density at radius 2 is 0.537 bits per heavy atom. The molecule has 30 nitrogen and oxygen atoms in total. The highest BCUT2D eigenvalue weighted by Gasteiger charge is 2.32. The smallest absolute Gasteiger partial charge is 0.276 e. The molecular formula is C50H24N14O16. The summed E-state index contributed by atoms with van der Waals surface area (Å²) >= 11 is 0. The first kappa shape index (κ1) is 49.7. The van der Waals surface area contributed by atoms with E-state index in [2.05, 4.69) is 9.97 Å². The lowest BCUT2D eigenvalue weighted by Crippen LogP contribution is -1.96. The van der Waals surface area contributed by atoms with E-state index in [1.54, 1.807) is 24.3 Å². The van der Waals surface area contributed by atoms with Crippen molar-refractivity contribution in [3.05, 3.63) is 214 Å². The Balaban J connectivity index is 1.44. The van der Waals surface area contributed by atoms with E-state index >= 15 is 0 Å². The number of para-hydroxylation sites is 2. The first-order valence-corrected chi connectivity index (χ1v) is 22.7. The lowest BCUT2D eigenvalue weighted by molar-refractivity contribution is -0.394. The van der Waals surface area contributed by atoms with Gasteiger partial charge in [-0.2, -0.15) is 0 Å². The first-order valence-electron chi connectivity index (χ1n) is 22.7. The molecule has 0 atom stereocenters. The molecule has 8 bridgehead atoms. The molecule has 390 valence electrons. The van der Waals surface area contributed by atoms with Gasteiger partial charge in [-0.3, -0.25) is 80.9 Å². The predicted molar refractivity (Wildman–Crippen MR) is 282 cm³/mol. The average molecular weight is 1080 g/mol. The topological polar surface area (TPSA) is 428 Å². The zero-order chi connectivity index (χ0) is 56.6. The molecule has 0 fully saturated rings. The van der Waals surface area contributed by atoms with Gasteiger partial charge in [-0.1, -0.05) is 12.1 Å². The summed E-state index contributed by atoms with van der Waals surface area (Å²) in [6.45, 7) is 0. The number of nitrogens with one attached hydrogen (secondary N) is 2. The van der Waals surface area contributed by atoms with E-state index in [4.69, 9.17) is 19.9 Å². The lowest BCUT2D eigenvalue weighted by Gasteiger charge is -2.08. The monoisotopic (exact) mass is 1080 g/mol. The van der Waals surface area contributed by atoms with Crippen LogP contribution in [0.4, 0.5) is 45.5 Å². The minimum Gasteiger partial charge on any atom is -0.354 e. The van der Waals surface area contributed by atoms with Crippen LogP contribution < -0.4 is 0 Å². The molecular weight excluding hydrogens is 1050 g/mol. The summed E-state index contributed by atoms with van der Waals surface area (Å²) in [5.41, 5.74) is -8.19. The Morgan fingerprint density at radius 3 is 0.800 bits per heavy atom. The molecule has 5 aromatic carbocycles. The maximum atomic E-state index is 12.5. The Morgan fingerprint density at radius 1 is 0.287 bits per heavy atom. The Hall–Kier alpha value is -12.5. The van der Waals surface area contributed by atoms with Crippen LogP contribution in [0.3, 0.4) is 0 Å². The summed E-state index contributed by atoms with van der Waals surface area (Å²) in [6, 6.07) is 22.7. The van der Waals surface area contributed by atoms with Gasteiger partial charge in [-0.05, 0) is 70.8 Å². The van der Waals surface area contributed by atoms with Crippen LogP contribution in [-0.4, -0.2) is 69.3 Å². The third kappa shape index (κ3) is 8.65. The summed E-state index contributed by atoms with van der Waals surface area (Å²) in [4.78, 5) is 119. The summed E-state index contributed by atoms with van der Waals surface area (Å²) in [5, 5.41) is 99.7. The first-order chi connectivity index (χ1) is 38.2. The second-order valence-corrected chi connectivity index (χ2v) is 17.5. The van der Waals surface area contributed by atoms with Crippen LogP contribution >= 0.6 is 0 Å². The van der Waals surface area contributed by atoms with Crippen molar-refractivity contribution in [2.75, 3.05) is 0 Å². The summed E-state index contributed by atoms with van der Waals surface area (Å²) < 4.78 is 0. The normalized spacial score (nSPS) is 11.5. The molecule has 0 saturated carbocycles. The number of fused-ring (bicyclic) bond motifs is 12. The van der Waals surface area contributed by atoms with Crippen LogP contribution in [0.2, 0.25) is 0 Å². The van der Waals surface area contributed by atoms with Crippen molar-refractivity contribution >= 4 is 90.8 Å². The Bertz CT molecular complexity index is 4200. The molecule has 2 N–H and O–H groups in total. The van der Waals surface area contributed by atoms with E-state index in [0.717, 1.165) is 48.5 Å². The number of aromatic amines is 2. The fourth-order valence-electron chi connectivity index (χ4n) is 9.43. The fraction of sp³-hybridized carbons (Fsp3) is 0. The Labute approximate surface area is 439 Å². The van der Waals surface area contributed by atoms with Gasteiger partial charge in [0.15, 0.2) is 0 Å². The molecule has 2 aliphatic heterocycles. The zero-order valence-corrected chi connectivity index (χ0v) is 39.6. The van der Waals surface area contributed by atoms with Gasteiger partial charge in [-0.25, -0.2) is 19.9 Å².